The minimum atomic E-state index is 0.568. The number of rotatable bonds is 6. The van der Waals surface area contributed by atoms with Gasteiger partial charge in [-0.1, -0.05) is 0 Å². The van der Waals surface area contributed by atoms with Crippen LogP contribution in [0.5, 0.6) is 5.88 Å². The largest absolute Gasteiger partial charge is 0.478 e. The van der Waals surface area contributed by atoms with Crippen molar-refractivity contribution < 1.29 is 4.74 Å². The Bertz CT molecular complexity index is 372. The van der Waals surface area contributed by atoms with Crippen molar-refractivity contribution in [2.45, 2.75) is 38.6 Å². The molecule has 2 heterocycles. The van der Waals surface area contributed by atoms with Gasteiger partial charge in [0.2, 0.25) is 5.88 Å². The predicted molar refractivity (Wildman–Crippen MR) is 71.9 cm³/mol. The summed E-state index contributed by atoms with van der Waals surface area (Å²) in [5.41, 5.74) is 5.59. The number of ether oxygens (including phenoxy) is 1. The maximum absolute atomic E-state index is 5.59. The van der Waals surface area contributed by atoms with E-state index in [-0.39, 0.29) is 0 Å². The molecule has 2 rings (SSSR count). The second-order valence-corrected chi connectivity index (χ2v) is 4.57. The Hall–Kier alpha value is -1.36. The van der Waals surface area contributed by atoms with Crippen LogP contribution in [0.4, 0.5) is 5.82 Å². The summed E-state index contributed by atoms with van der Waals surface area (Å²) in [5, 5.41) is 0. The Labute approximate surface area is 108 Å². The van der Waals surface area contributed by atoms with Gasteiger partial charge in [0.05, 0.1) is 6.61 Å². The number of aromatic nitrogens is 2. The second kappa shape index (κ2) is 6.54. The zero-order valence-corrected chi connectivity index (χ0v) is 11.0. The third-order valence-corrected chi connectivity index (χ3v) is 3.33. The smallest absolute Gasteiger partial charge is 0.218 e. The highest BCUT2D eigenvalue weighted by molar-refractivity contribution is 5.43. The first-order valence-electron chi connectivity index (χ1n) is 6.76. The summed E-state index contributed by atoms with van der Waals surface area (Å²) in [5.74, 6) is 1.64. The summed E-state index contributed by atoms with van der Waals surface area (Å²) in [6, 6.07) is 2.50. The van der Waals surface area contributed by atoms with Crippen molar-refractivity contribution in [3.63, 3.8) is 0 Å². The van der Waals surface area contributed by atoms with E-state index in [2.05, 4.69) is 14.9 Å². The molecule has 1 aromatic rings. The molecule has 100 valence electrons. The van der Waals surface area contributed by atoms with E-state index in [1.807, 2.05) is 13.0 Å². The average molecular weight is 250 g/mol. The molecule has 1 aromatic heterocycles. The number of hydrogen-bond acceptors (Lipinski definition) is 5. The summed E-state index contributed by atoms with van der Waals surface area (Å²) >= 11 is 0. The van der Waals surface area contributed by atoms with Crippen LogP contribution in [0.25, 0.3) is 0 Å². The van der Waals surface area contributed by atoms with Crippen molar-refractivity contribution in [3.8, 4) is 5.88 Å². The van der Waals surface area contributed by atoms with Crippen molar-refractivity contribution in [3.05, 3.63) is 12.4 Å². The monoisotopic (exact) mass is 250 g/mol. The van der Waals surface area contributed by atoms with E-state index in [0.29, 0.717) is 18.5 Å². The molecule has 0 amide bonds. The normalized spacial score (nSPS) is 19.2. The molecule has 1 aliphatic rings. The van der Waals surface area contributed by atoms with Crippen LogP contribution >= 0.6 is 0 Å². The summed E-state index contributed by atoms with van der Waals surface area (Å²) in [4.78, 5) is 10.8. The lowest BCUT2D eigenvalue weighted by molar-refractivity contribution is 0.326. The summed E-state index contributed by atoms with van der Waals surface area (Å²) < 4.78 is 5.42. The zero-order valence-electron chi connectivity index (χ0n) is 11.0. The third kappa shape index (κ3) is 3.10. The maximum Gasteiger partial charge on any atom is 0.218 e. The molecule has 0 aliphatic carbocycles. The van der Waals surface area contributed by atoms with Crippen molar-refractivity contribution in [2.24, 2.45) is 5.73 Å². The molecule has 1 atom stereocenters. The molecule has 1 unspecified atom stereocenters. The van der Waals surface area contributed by atoms with E-state index in [9.17, 15) is 0 Å². The lowest BCUT2D eigenvalue weighted by Gasteiger charge is -2.25. The van der Waals surface area contributed by atoms with Crippen LogP contribution in [-0.4, -0.2) is 35.7 Å². The topological polar surface area (TPSA) is 64.3 Å². The predicted octanol–water partition coefficient (Wildman–Crippen LogP) is 1.58. The van der Waals surface area contributed by atoms with Crippen molar-refractivity contribution >= 4 is 5.82 Å². The Kier molecular flexibility index (Phi) is 4.75. The first-order chi connectivity index (χ1) is 8.85. The lowest BCUT2D eigenvalue weighted by Crippen LogP contribution is -2.30. The Balaban J connectivity index is 2.06. The fourth-order valence-electron chi connectivity index (χ4n) is 2.50. The van der Waals surface area contributed by atoms with Gasteiger partial charge in [0.25, 0.3) is 0 Å². The molecule has 0 aromatic carbocycles. The number of anilines is 1. The molecule has 2 N–H and O–H groups in total. The van der Waals surface area contributed by atoms with Gasteiger partial charge in [-0.25, -0.2) is 9.97 Å². The van der Waals surface area contributed by atoms with E-state index in [1.165, 1.54) is 12.8 Å². The average Bonchev–Trinajstić information content (AvgIpc) is 2.85. The highest BCUT2D eigenvalue weighted by Crippen LogP contribution is 2.27. The summed E-state index contributed by atoms with van der Waals surface area (Å²) in [7, 11) is 0. The van der Waals surface area contributed by atoms with E-state index < -0.39 is 0 Å². The molecule has 5 nitrogen and oxygen atoms in total. The van der Waals surface area contributed by atoms with Crippen LogP contribution in [0.15, 0.2) is 12.4 Å². The first kappa shape index (κ1) is 13.1. The van der Waals surface area contributed by atoms with Gasteiger partial charge in [0.1, 0.15) is 12.1 Å². The van der Waals surface area contributed by atoms with Crippen LogP contribution < -0.4 is 15.4 Å². The van der Waals surface area contributed by atoms with Gasteiger partial charge in [0, 0.05) is 18.7 Å². The molecule has 0 radical (unpaired) electrons. The number of nitrogens with zero attached hydrogens (tertiary/aromatic N) is 3. The second-order valence-electron chi connectivity index (χ2n) is 4.57. The van der Waals surface area contributed by atoms with Gasteiger partial charge in [-0.2, -0.15) is 0 Å². The minimum Gasteiger partial charge on any atom is -0.478 e. The highest BCUT2D eigenvalue weighted by atomic mass is 16.5. The van der Waals surface area contributed by atoms with Gasteiger partial charge in [-0.15, -0.1) is 0 Å². The molecule has 5 heteroatoms. The molecule has 0 bridgehead atoms. The summed E-state index contributed by atoms with van der Waals surface area (Å²) in [6.07, 6.45) is 6.25. The van der Waals surface area contributed by atoms with Gasteiger partial charge in [-0.05, 0) is 39.2 Å². The third-order valence-electron chi connectivity index (χ3n) is 3.33. The van der Waals surface area contributed by atoms with E-state index in [4.69, 9.17) is 10.5 Å². The van der Waals surface area contributed by atoms with Crippen molar-refractivity contribution in [2.75, 3.05) is 24.6 Å². The lowest BCUT2D eigenvalue weighted by atomic mass is 10.1. The van der Waals surface area contributed by atoms with Gasteiger partial charge in [-0.3, -0.25) is 0 Å². The van der Waals surface area contributed by atoms with Crippen LogP contribution in [0.3, 0.4) is 0 Å². The molecule has 18 heavy (non-hydrogen) atoms. The van der Waals surface area contributed by atoms with Gasteiger partial charge < -0.3 is 15.4 Å². The molecule has 1 fully saturated rings. The van der Waals surface area contributed by atoms with Crippen LogP contribution in [0, 0.1) is 0 Å². The standard InChI is InChI=1S/C13H22N4O/c1-2-18-13-9-12(15-10-16-13)17-8-4-6-11(17)5-3-7-14/h9-11H,2-8,14H2,1H3. The Morgan fingerprint density at radius 2 is 2.39 bits per heavy atom. The van der Waals surface area contributed by atoms with Crippen molar-refractivity contribution in [1.82, 2.24) is 9.97 Å². The molecule has 1 saturated heterocycles. The van der Waals surface area contributed by atoms with E-state index in [0.717, 1.165) is 31.7 Å². The minimum absolute atomic E-state index is 0.568. The van der Waals surface area contributed by atoms with Gasteiger partial charge in [0.15, 0.2) is 0 Å². The number of nitrogens with two attached hydrogens (primary N) is 1. The Morgan fingerprint density at radius 1 is 1.50 bits per heavy atom. The fraction of sp³-hybridized carbons (Fsp3) is 0.692. The highest BCUT2D eigenvalue weighted by Gasteiger charge is 2.25. The summed E-state index contributed by atoms with van der Waals surface area (Å²) in [6.45, 7) is 4.42. The quantitative estimate of drug-likeness (QED) is 0.830. The van der Waals surface area contributed by atoms with E-state index >= 15 is 0 Å². The number of hydrogen-bond donors (Lipinski definition) is 1. The van der Waals surface area contributed by atoms with Crippen LogP contribution in [-0.2, 0) is 0 Å². The molecular weight excluding hydrogens is 228 g/mol. The molecule has 0 saturated carbocycles. The molecular formula is C13H22N4O. The fourth-order valence-corrected chi connectivity index (χ4v) is 2.50. The van der Waals surface area contributed by atoms with Crippen LogP contribution in [0.1, 0.15) is 32.6 Å². The Morgan fingerprint density at radius 3 is 3.17 bits per heavy atom. The SMILES string of the molecule is CCOc1cc(N2CCCC2CCCN)ncn1. The zero-order chi connectivity index (χ0) is 12.8. The van der Waals surface area contributed by atoms with Gasteiger partial charge >= 0.3 is 0 Å². The maximum atomic E-state index is 5.59. The molecule has 1 aliphatic heterocycles. The van der Waals surface area contributed by atoms with Crippen molar-refractivity contribution in [1.29, 1.82) is 0 Å². The van der Waals surface area contributed by atoms with Crippen LogP contribution in [0.2, 0.25) is 0 Å². The van der Waals surface area contributed by atoms with E-state index in [1.54, 1.807) is 6.33 Å². The first-order valence-corrected chi connectivity index (χ1v) is 6.76. The molecule has 0 spiro atoms.